The maximum absolute atomic E-state index is 12.4. The normalized spacial score (nSPS) is 21.2. The van der Waals surface area contributed by atoms with Crippen molar-refractivity contribution < 1.29 is 14.4 Å². The van der Waals surface area contributed by atoms with Crippen molar-refractivity contribution in [1.29, 1.82) is 0 Å². The van der Waals surface area contributed by atoms with Crippen LogP contribution in [0.15, 0.2) is 53.4 Å². The van der Waals surface area contributed by atoms with Crippen molar-refractivity contribution in [3.63, 3.8) is 0 Å². The number of aliphatic hydroxyl groups is 1. The molecule has 2 heterocycles. The third kappa shape index (κ3) is 2.76. The summed E-state index contributed by atoms with van der Waals surface area (Å²) in [5.74, 6) is -0.109. The molecule has 2 aromatic heterocycles. The summed E-state index contributed by atoms with van der Waals surface area (Å²) in [6.07, 6.45) is 4.19. The number of amides is 1. The van der Waals surface area contributed by atoms with E-state index < -0.39 is 0 Å². The smallest absolute Gasteiger partial charge is 0.273 e. The minimum Gasteiger partial charge on any atom is -0.393 e. The van der Waals surface area contributed by atoms with Gasteiger partial charge in [0, 0.05) is 17.6 Å². The molecule has 1 saturated carbocycles. The summed E-state index contributed by atoms with van der Waals surface area (Å²) >= 11 is 0. The number of aromatic nitrogens is 2. The van der Waals surface area contributed by atoms with E-state index in [9.17, 15) is 9.90 Å². The Balaban J connectivity index is 1.65. The largest absolute Gasteiger partial charge is 0.393 e. The van der Waals surface area contributed by atoms with Gasteiger partial charge in [0.15, 0.2) is 5.69 Å². The van der Waals surface area contributed by atoms with Gasteiger partial charge in [0.05, 0.1) is 17.7 Å². The lowest BCUT2D eigenvalue weighted by Crippen LogP contribution is -2.41. The molecule has 1 amide bonds. The zero-order valence-electron chi connectivity index (χ0n) is 12.9. The molecule has 1 unspecified atom stereocenters. The average Bonchev–Trinajstić information content (AvgIpc) is 3.11. The van der Waals surface area contributed by atoms with Gasteiger partial charge in [-0.15, -0.1) is 0 Å². The van der Waals surface area contributed by atoms with Crippen LogP contribution in [0.5, 0.6) is 0 Å². The third-order valence-corrected chi connectivity index (χ3v) is 4.55. The highest BCUT2D eigenvalue weighted by Crippen LogP contribution is 2.38. The molecule has 1 aliphatic rings. The SMILES string of the molecule is O=C(NC(c1cnc2ccccc2c1)C1CC(O)C1)c1ccon1. The second kappa shape index (κ2) is 6.05. The number of fused-ring (bicyclic) bond motifs is 1. The number of para-hydroxylation sites is 1. The van der Waals surface area contributed by atoms with Crippen LogP contribution in [0, 0.1) is 5.92 Å². The van der Waals surface area contributed by atoms with Crippen molar-refractivity contribution in [3.8, 4) is 0 Å². The number of nitrogens with one attached hydrogen (secondary N) is 1. The summed E-state index contributed by atoms with van der Waals surface area (Å²) in [7, 11) is 0. The van der Waals surface area contributed by atoms with E-state index in [2.05, 4.69) is 15.5 Å². The zero-order valence-corrected chi connectivity index (χ0v) is 12.9. The molecule has 6 heteroatoms. The number of nitrogens with zero attached hydrogens (tertiary/aromatic N) is 2. The fourth-order valence-electron chi connectivity index (χ4n) is 3.18. The van der Waals surface area contributed by atoms with Crippen LogP contribution in [-0.4, -0.2) is 27.3 Å². The Hall–Kier alpha value is -2.73. The first kappa shape index (κ1) is 14.8. The third-order valence-electron chi connectivity index (χ3n) is 4.55. The number of pyridine rings is 1. The molecule has 0 saturated heterocycles. The molecule has 3 aromatic rings. The molecule has 1 aliphatic carbocycles. The van der Waals surface area contributed by atoms with Crippen LogP contribution in [0.2, 0.25) is 0 Å². The lowest BCUT2D eigenvalue weighted by Gasteiger charge is -2.38. The summed E-state index contributed by atoms with van der Waals surface area (Å²) < 4.78 is 4.74. The highest BCUT2D eigenvalue weighted by Gasteiger charge is 2.36. The van der Waals surface area contributed by atoms with Gasteiger partial charge < -0.3 is 14.9 Å². The molecule has 0 bridgehead atoms. The molecule has 4 rings (SSSR count). The van der Waals surface area contributed by atoms with E-state index in [4.69, 9.17) is 4.52 Å². The number of benzene rings is 1. The highest BCUT2D eigenvalue weighted by atomic mass is 16.5. The number of carbonyl (C=O) groups excluding carboxylic acids is 1. The van der Waals surface area contributed by atoms with Gasteiger partial charge in [-0.2, -0.15) is 0 Å². The average molecular weight is 323 g/mol. The van der Waals surface area contributed by atoms with E-state index in [0.29, 0.717) is 12.8 Å². The fraction of sp³-hybridized carbons (Fsp3) is 0.278. The molecular formula is C18H17N3O3. The molecule has 6 nitrogen and oxygen atoms in total. The van der Waals surface area contributed by atoms with Crippen molar-refractivity contribution in [2.45, 2.75) is 25.0 Å². The van der Waals surface area contributed by atoms with Crippen molar-refractivity contribution in [2.75, 3.05) is 0 Å². The first-order valence-corrected chi connectivity index (χ1v) is 7.95. The van der Waals surface area contributed by atoms with Crippen LogP contribution in [0.3, 0.4) is 0 Å². The van der Waals surface area contributed by atoms with Gasteiger partial charge in [0.2, 0.25) is 0 Å². The molecular weight excluding hydrogens is 306 g/mol. The van der Waals surface area contributed by atoms with Crippen LogP contribution >= 0.6 is 0 Å². The van der Waals surface area contributed by atoms with E-state index in [0.717, 1.165) is 16.5 Å². The predicted molar refractivity (Wildman–Crippen MR) is 87.2 cm³/mol. The topological polar surface area (TPSA) is 88.2 Å². The van der Waals surface area contributed by atoms with Gasteiger partial charge in [-0.1, -0.05) is 23.4 Å². The first-order valence-electron chi connectivity index (χ1n) is 7.95. The first-order chi connectivity index (χ1) is 11.7. The number of hydrogen-bond donors (Lipinski definition) is 2. The minimum absolute atomic E-state index is 0.179. The van der Waals surface area contributed by atoms with Crippen LogP contribution in [-0.2, 0) is 0 Å². The van der Waals surface area contributed by atoms with Gasteiger partial charge in [0.1, 0.15) is 6.26 Å². The maximum atomic E-state index is 12.4. The Kier molecular flexibility index (Phi) is 3.74. The summed E-state index contributed by atoms with van der Waals surface area (Å²) in [5, 5.41) is 17.4. The number of aliphatic hydroxyl groups excluding tert-OH is 1. The zero-order chi connectivity index (χ0) is 16.5. The monoisotopic (exact) mass is 323 g/mol. The van der Waals surface area contributed by atoms with Gasteiger partial charge in [-0.25, -0.2) is 0 Å². The van der Waals surface area contributed by atoms with E-state index in [1.165, 1.54) is 12.3 Å². The van der Waals surface area contributed by atoms with Crippen molar-refractivity contribution in [3.05, 3.63) is 60.1 Å². The lowest BCUT2D eigenvalue weighted by molar-refractivity contribution is 0.0234. The molecule has 1 fully saturated rings. The van der Waals surface area contributed by atoms with Crippen molar-refractivity contribution in [2.24, 2.45) is 5.92 Å². The molecule has 122 valence electrons. The maximum Gasteiger partial charge on any atom is 0.273 e. The Morgan fingerprint density at radius 2 is 2.12 bits per heavy atom. The van der Waals surface area contributed by atoms with E-state index in [-0.39, 0.29) is 29.7 Å². The number of rotatable bonds is 4. The Labute approximate surface area is 138 Å². The molecule has 0 radical (unpaired) electrons. The number of hydrogen-bond acceptors (Lipinski definition) is 5. The quantitative estimate of drug-likeness (QED) is 0.770. The van der Waals surface area contributed by atoms with Crippen molar-refractivity contribution >= 4 is 16.8 Å². The summed E-state index contributed by atoms with van der Waals surface area (Å²) in [6, 6.07) is 11.2. The Morgan fingerprint density at radius 3 is 2.88 bits per heavy atom. The van der Waals surface area contributed by atoms with Crippen LogP contribution < -0.4 is 5.32 Å². The van der Waals surface area contributed by atoms with E-state index >= 15 is 0 Å². The second-order valence-electron chi connectivity index (χ2n) is 6.18. The number of carbonyl (C=O) groups is 1. The predicted octanol–water partition coefficient (Wildman–Crippen LogP) is 2.46. The summed E-state index contributed by atoms with van der Waals surface area (Å²) in [6.45, 7) is 0. The molecule has 0 aliphatic heterocycles. The molecule has 1 aromatic carbocycles. The van der Waals surface area contributed by atoms with Crippen LogP contribution in [0.1, 0.15) is 34.9 Å². The summed E-state index contributed by atoms with van der Waals surface area (Å²) in [5.41, 5.74) is 2.09. The standard InChI is InChI=1S/C18H17N3O3/c22-14-8-12(9-14)17(20-18(23)16-5-6-24-21-16)13-7-11-3-1-2-4-15(11)19-10-13/h1-7,10,12,14,17,22H,8-9H2,(H,20,23). The minimum atomic E-state index is -0.296. The molecule has 2 N–H and O–H groups in total. The molecule has 24 heavy (non-hydrogen) atoms. The van der Waals surface area contributed by atoms with Gasteiger partial charge in [-0.05, 0) is 36.5 Å². The van der Waals surface area contributed by atoms with Gasteiger partial charge >= 0.3 is 0 Å². The summed E-state index contributed by atoms with van der Waals surface area (Å²) in [4.78, 5) is 16.8. The van der Waals surface area contributed by atoms with Gasteiger partial charge in [0.25, 0.3) is 5.91 Å². The second-order valence-corrected chi connectivity index (χ2v) is 6.18. The van der Waals surface area contributed by atoms with E-state index in [1.54, 1.807) is 6.20 Å². The molecule has 0 spiro atoms. The molecule has 1 atom stereocenters. The Morgan fingerprint density at radius 1 is 1.29 bits per heavy atom. The van der Waals surface area contributed by atoms with Crippen molar-refractivity contribution in [1.82, 2.24) is 15.5 Å². The Bertz CT molecular complexity index is 857. The fourth-order valence-corrected chi connectivity index (χ4v) is 3.18. The van der Waals surface area contributed by atoms with E-state index in [1.807, 2.05) is 30.3 Å². The van der Waals surface area contributed by atoms with Gasteiger partial charge in [-0.3, -0.25) is 9.78 Å². The highest BCUT2D eigenvalue weighted by molar-refractivity contribution is 5.92. The van der Waals surface area contributed by atoms with Crippen LogP contribution in [0.4, 0.5) is 0 Å². The van der Waals surface area contributed by atoms with Crippen LogP contribution in [0.25, 0.3) is 10.9 Å². The lowest BCUT2D eigenvalue weighted by atomic mass is 9.75.